The van der Waals surface area contributed by atoms with Crippen LogP contribution in [-0.2, 0) is 19.9 Å². The minimum absolute atomic E-state index is 0.0891. The Morgan fingerprint density at radius 3 is 1.97 bits per heavy atom. The maximum atomic E-state index is 14.2. The van der Waals surface area contributed by atoms with Crippen LogP contribution in [0.25, 0.3) is 0 Å². The summed E-state index contributed by atoms with van der Waals surface area (Å²) in [7, 11) is 0.877. The van der Waals surface area contributed by atoms with Gasteiger partial charge in [-0.2, -0.15) is 13.2 Å². The van der Waals surface area contributed by atoms with Gasteiger partial charge in [0, 0.05) is 18.6 Å². The molecule has 0 radical (unpaired) electrons. The van der Waals surface area contributed by atoms with Gasteiger partial charge in [0.05, 0.1) is 0 Å². The van der Waals surface area contributed by atoms with Gasteiger partial charge in [-0.1, -0.05) is 84.9 Å². The SMILES string of the molecule is CO[C@@](C(=O)O[C@H]1CC[C@H](c2ccccc2)c2ccccc21)(c1ccccc1)C(F)(F)F. The fourth-order valence-corrected chi connectivity index (χ4v) is 4.50. The van der Waals surface area contributed by atoms with Crippen molar-refractivity contribution in [1.82, 2.24) is 0 Å². The zero-order valence-electron chi connectivity index (χ0n) is 17.5. The first kappa shape index (κ1) is 22.1. The number of esters is 1. The van der Waals surface area contributed by atoms with Gasteiger partial charge in [-0.3, -0.25) is 0 Å². The second-order valence-corrected chi connectivity index (χ2v) is 7.81. The normalized spacial score (nSPS) is 20.1. The average Bonchev–Trinajstić information content (AvgIpc) is 2.80. The zero-order valence-corrected chi connectivity index (χ0v) is 17.5. The molecule has 6 heteroatoms. The van der Waals surface area contributed by atoms with Crippen molar-refractivity contribution in [3.63, 3.8) is 0 Å². The molecule has 32 heavy (non-hydrogen) atoms. The number of halogens is 3. The average molecular weight is 440 g/mol. The van der Waals surface area contributed by atoms with E-state index in [0.717, 1.165) is 23.8 Å². The molecule has 3 nitrogen and oxygen atoms in total. The highest BCUT2D eigenvalue weighted by molar-refractivity contribution is 5.83. The molecular weight excluding hydrogens is 417 g/mol. The molecule has 0 spiro atoms. The van der Waals surface area contributed by atoms with Crippen LogP contribution in [0.1, 0.15) is 47.1 Å². The molecule has 0 amide bonds. The van der Waals surface area contributed by atoms with Crippen LogP contribution in [0.3, 0.4) is 0 Å². The van der Waals surface area contributed by atoms with E-state index in [1.807, 2.05) is 48.5 Å². The van der Waals surface area contributed by atoms with Crippen molar-refractivity contribution < 1.29 is 27.4 Å². The Morgan fingerprint density at radius 2 is 1.38 bits per heavy atom. The van der Waals surface area contributed by atoms with E-state index < -0.39 is 23.9 Å². The topological polar surface area (TPSA) is 35.5 Å². The molecule has 3 atom stereocenters. The summed E-state index contributed by atoms with van der Waals surface area (Å²) in [6.07, 6.45) is -4.73. The maximum absolute atomic E-state index is 14.2. The predicted molar refractivity (Wildman–Crippen MR) is 114 cm³/mol. The molecule has 3 aromatic carbocycles. The first-order chi connectivity index (χ1) is 15.4. The summed E-state index contributed by atoms with van der Waals surface area (Å²) < 4.78 is 53.1. The smallest absolute Gasteiger partial charge is 0.432 e. The van der Waals surface area contributed by atoms with Crippen molar-refractivity contribution in [2.75, 3.05) is 7.11 Å². The first-order valence-corrected chi connectivity index (χ1v) is 10.4. The van der Waals surface area contributed by atoms with Gasteiger partial charge in [0.2, 0.25) is 0 Å². The van der Waals surface area contributed by atoms with Crippen LogP contribution in [0.15, 0.2) is 84.9 Å². The summed E-state index contributed by atoms with van der Waals surface area (Å²) >= 11 is 0. The monoisotopic (exact) mass is 440 g/mol. The van der Waals surface area contributed by atoms with Gasteiger partial charge in [-0.25, -0.2) is 4.79 Å². The molecule has 0 aliphatic heterocycles. The van der Waals surface area contributed by atoms with Crippen molar-refractivity contribution in [1.29, 1.82) is 0 Å². The Labute approximate surface area is 184 Å². The Morgan fingerprint density at radius 1 is 0.812 bits per heavy atom. The number of rotatable bonds is 5. The molecule has 166 valence electrons. The Bertz CT molecular complexity index is 1070. The van der Waals surface area contributed by atoms with E-state index in [1.165, 1.54) is 24.3 Å². The molecule has 4 rings (SSSR count). The van der Waals surface area contributed by atoms with Gasteiger partial charge in [-0.05, 0) is 29.5 Å². The molecule has 1 aliphatic carbocycles. The second-order valence-electron chi connectivity index (χ2n) is 7.81. The van der Waals surface area contributed by atoms with Crippen LogP contribution in [0.2, 0.25) is 0 Å². The number of hydrogen-bond donors (Lipinski definition) is 0. The number of methoxy groups -OCH3 is 1. The molecule has 1 aliphatic rings. The largest absolute Gasteiger partial charge is 0.455 e. The number of fused-ring (bicyclic) bond motifs is 1. The Kier molecular flexibility index (Phi) is 6.07. The van der Waals surface area contributed by atoms with Crippen molar-refractivity contribution in [2.24, 2.45) is 0 Å². The minimum Gasteiger partial charge on any atom is -0.455 e. The van der Waals surface area contributed by atoms with Gasteiger partial charge in [-0.15, -0.1) is 0 Å². The van der Waals surface area contributed by atoms with E-state index in [1.54, 1.807) is 12.1 Å². The van der Waals surface area contributed by atoms with Crippen LogP contribution in [0.5, 0.6) is 0 Å². The van der Waals surface area contributed by atoms with E-state index in [-0.39, 0.29) is 11.5 Å². The van der Waals surface area contributed by atoms with Crippen LogP contribution in [-0.4, -0.2) is 19.3 Å². The summed E-state index contributed by atoms with van der Waals surface area (Å²) in [5.41, 5.74) is -0.708. The third-order valence-electron chi connectivity index (χ3n) is 6.06. The molecule has 0 fully saturated rings. The summed E-state index contributed by atoms with van der Waals surface area (Å²) in [4.78, 5) is 13.1. The van der Waals surface area contributed by atoms with Crippen LogP contribution in [0.4, 0.5) is 13.2 Å². The van der Waals surface area contributed by atoms with Gasteiger partial charge < -0.3 is 9.47 Å². The molecular formula is C26H23F3O3. The quantitative estimate of drug-likeness (QED) is 0.437. The molecule has 0 N–H and O–H groups in total. The van der Waals surface area contributed by atoms with Crippen molar-refractivity contribution in [2.45, 2.75) is 36.6 Å². The highest BCUT2D eigenvalue weighted by Gasteiger charge is 2.64. The standard InChI is InChI=1S/C26H23F3O3/c1-31-25(26(27,28)29,19-12-6-3-7-13-19)24(30)32-23-17-16-20(18-10-4-2-5-11-18)21-14-8-9-15-22(21)23/h2-15,20,23H,16-17H2,1H3/t20-,23+,25-/m1/s1. The lowest BCUT2D eigenvalue weighted by Crippen LogP contribution is -2.52. The van der Waals surface area contributed by atoms with Gasteiger partial charge >= 0.3 is 12.1 Å². The van der Waals surface area contributed by atoms with E-state index in [0.29, 0.717) is 12.8 Å². The number of ether oxygens (including phenoxy) is 2. The Balaban J connectivity index is 1.69. The summed E-state index contributed by atoms with van der Waals surface area (Å²) in [6, 6.07) is 24.2. The number of alkyl halides is 3. The molecule has 0 unspecified atom stereocenters. The predicted octanol–water partition coefficient (Wildman–Crippen LogP) is 6.30. The summed E-state index contributed by atoms with van der Waals surface area (Å²) in [5, 5.41) is 0. The molecule has 0 aromatic heterocycles. The molecule has 0 bridgehead atoms. The lowest BCUT2D eigenvalue weighted by Gasteiger charge is -2.36. The second kappa shape index (κ2) is 8.79. The third-order valence-corrected chi connectivity index (χ3v) is 6.06. The highest BCUT2D eigenvalue weighted by Crippen LogP contribution is 2.47. The maximum Gasteiger partial charge on any atom is 0.432 e. The van der Waals surface area contributed by atoms with Gasteiger partial charge in [0.25, 0.3) is 5.60 Å². The lowest BCUT2D eigenvalue weighted by atomic mass is 9.77. The lowest BCUT2D eigenvalue weighted by molar-refractivity contribution is -0.278. The molecule has 0 heterocycles. The highest BCUT2D eigenvalue weighted by atomic mass is 19.4. The Hall–Kier alpha value is -3.12. The zero-order chi connectivity index (χ0) is 22.8. The van der Waals surface area contributed by atoms with Gasteiger partial charge in [0.15, 0.2) is 0 Å². The number of carbonyl (C=O) groups is 1. The van der Waals surface area contributed by atoms with Crippen LogP contribution < -0.4 is 0 Å². The van der Waals surface area contributed by atoms with E-state index >= 15 is 0 Å². The summed E-state index contributed by atoms with van der Waals surface area (Å²) in [6.45, 7) is 0. The number of carbonyl (C=O) groups excluding carboxylic acids is 1. The van der Waals surface area contributed by atoms with E-state index in [4.69, 9.17) is 9.47 Å². The third kappa shape index (κ3) is 3.79. The van der Waals surface area contributed by atoms with Gasteiger partial charge in [0.1, 0.15) is 6.10 Å². The van der Waals surface area contributed by atoms with Crippen LogP contribution >= 0.6 is 0 Å². The van der Waals surface area contributed by atoms with E-state index in [2.05, 4.69) is 0 Å². The number of benzene rings is 3. The van der Waals surface area contributed by atoms with Crippen molar-refractivity contribution in [3.8, 4) is 0 Å². The first-order valence-electron chi connectivity index (χ1n) is 10.4. The van der Waals surface area contributed by atoms with Crippen molar-refractivity contribution >= 4 is 5.97 Å². The molecule has 3 aromatic rings. The molecule has 0 saturated heterocycles. The van der Waals surface area contributed by atoms with E-state index in [9.17, 15) is 18.0 Å². The van der Waals surface area contributed by atoms with Crippen LogP contribution in [0, 0.1) is 0 Å². The minimum atomic E-state index is -5.00. The van der Waals surface area contributed by atoms with Crippen molar-refractivity contribution in [3.05, 3.63) is 107 Å². The summed E-state index contributed by atoms with van der Waals surface area (Å²) in [5.74, 6) is -1.37. The fraction of sp³-hybridized carbons (Fsp3) is 0.269. The fourth-order valence-electron chi connectivity index (χ4n) is 4.50. The molecule has 0 saturated carbocycles. The number of hydrogen-bond acceptors (Lipinski definition) is 3.